The predicted octanol–water partition coefficient (Wildman–Crippen LogP) is 3.92. The highest BCUT2D eigenvalue weighted by atomic mass is 35.5. The van der Waals surface area contributed by atoms with Crippen LogP contribution in [0.1, 0.15) is 31.2 Å². The summed E-state index contributed by atoms with van der Waals surface area (Å²) in [4.78, 5) is 26.5. The Morgan fingerprint density at radius 3 is 2.45 bits per heavy atom. The molecule has 0 unspecified atom stereocenters. The summed E-state index contributed by atoms with van der Waals surface area (Å²) in [5.74, 6) is 0.0279. The summed E-state index contributed by atoms with van der Waals surface area (Å²) >= 11 is 6.26. The molecule has 170 valence electrons. The Kier molecular flexibility index (Phi) is 4.81. The van der Waals surface area contributed by atoms with Gasteiger partial charge in [-0.05, 0) is 37.6 Å². The number of hydrogen-bond acceptors (Lipinski definition) is 4. The lowest BCUT2D eigenvalue weighted by Crippen LogP contribution is -2.40. The number of nitrogens with zero attached hydrogens (tertiary/aromatic N) is 3. The monoisotopic (exact) mass is 465 g/mol. The normalized spacial score (nSPS) is 17.3. The molecule has 0 saturated heterocycles. The first kappa shape index (κ1) is 21.6. The van der Waals surface area contributed by atoms with Gasteiger partial charge >= 0.3 is 5.69 Å². The molecule has 0 fully saturated rings. The zero-order chi connectivity index (χ0) is 23.7. The van der Waals surface area contributed by atoms with Gasteiger partial charge in [0, 0.05) is 24.7 Å². The smallest absolute Gasteiger partial charge is 0.331 e. The van der Waals surface area contributed by atoms with Crippen LogP contribution in [-0.4, -0.2) is 25.4 Å². The van der Waals surface area contributed by atoms with Crippen molar-refractivity contribution in [3.63, 3.8) is 0 Å². The van der Waals surface area contributed by atoms with Crippen LogP contribution in [0.25, 0.3) is 22.2 Å². The Morgan fingerprint density at radius 1 is 1.06 bits per heavy atom. The molecule has 1 aliphatic rings. The maximum Gasteiger partial charge on any atom is 0.331 e. The topological polar surface area (TPSA) is 78.4 Å². The number of benzene rings is 2. The standard InChI is InChI=1S/C25H24ClN3O4/c1-25(2)13-33-22(16-12-15(26)10-11-17(16)30)21-20-18(23(31)28(4)24(32)27(20)3)19(29(21)25)14-8-6-5-7-9-14/h5-12,22,30H,13H2,1-4H3/t22-/m0/s1. The molecule has 1 atom stereocenters. The van der Waals surface area contributed by atoms with Crippen LogP contribution in [0.2, 0.25) is 5.02 Å². The minimum Gasteiger partial charge on any atom is -0.508 e. The molecule has 0 saturated carbocycles. The molecule has 0 amide bonds. The number of aryl methyl sites for hydroxylation is 1. The van der Waals surface area contributed by atoms with E-state index in [1.807, 2.05) is 44.2 Å². The minimum atomic E-state index is -0.727. The van der Waals surface area contributed by atoms with Gasteiger partial charge in [-0.3, -0.25) is 13.9 Å². The lowest BCUT2D eigenvalue weighted by Gasteiger charge is -2.39. The van der Waals surface area contributed by atoms with Gasteiger partial charge in [-0.25, -0.2) is 4.79 Å². The average molecular weight is 466 g/mol. The van der Waals surface area contributed by atoms with Crippen molar-refractivity contribution in [1.29, 1.82) is 0 Å². The quantitative estimate of drug-likeness (QED) is 0.486. The van der Waals surface area contributed by atoms with Crippen LogP contribution >= 0.6 is 11.6 Å². The number of aromatic hydroxyl groups is 1. The first-order chi connectivity index (χ1) is 15.6. The molecular weight excluding hydrogens is 442 g/mol. The molecule has 0 aliphatic carbocycles. The van der Waals surface area contributed by atoms with Gasteiger partial charge in [-0.1, -0.05) is 41.9 Å². The second-order valence-electron chi connectivity index (χ2n) is 9.07. The van der Waals surface area contributed by atoms with E-state index in [1.165, 1.54) is 17.7 Å². The maximum atomic E-state index is 13.5. The minimum absolute atomic E-state index is 0.0279. The van der Waals surface area contributed by atoms with Crippen molar-refractivity contribution in [2.75, 3.05) is 6.61 Å². The second-order valence-corrected chi connectivity index (χ2v) is 9.51. The van der Waals surface area contributed by atoms with Crippen molar-refractivity contribution < 1.29 is 9.84 Å². The van der Waals surface area contributed by atoms with Crippen LogP contribution < -0.4 is 11.2 Å². The molecule has 0 bridgehead atoms. The summed E-state index contributed by atoms with van der Waals surface area (Å²) in [5.41, 5.74) is 1.83. The van der Waals surface area contributed by atoms with Gasteiger partial charge in [-0.15, -0.1) is 0 Å². The zero-order valence-electron chi connectivity index (χ0n) is 18.8. The van der Waals surface area contributed by atoms with Crippen LogP contribution in [0.4, 0.5) is 0 Å². The lowest BCUT2D eigenvalue weighted by molar-refractivity contribution is -0.00798. The second kappa shape index (κ2) is 7.37. The first-order valence-electron chi connectivity index (χ1n) is 10.6. The van der Waals surface area contributed by atoms with Crippen LogP contribution in [0.5, 0.6) is 5.75 Å². The molecule has 5 rings (SSSR count). The van der Waals surface area contributed by atoms with Crippen LogP contribution in [0.15, 0.2) is 58.1 Å². The molecule has 2 aromatic heterocycles. The van der Waals surface area contributed by atoms with E-state index in [1.54, 1.807) is 19.2 Å². The lowest BCUT2D eigenvalue weighted by atomic mass is 9.97. The van der Waals surface area contributed by atoms with E-state index in [-0.39, 0.29) is 11.3 Å². The van der Waals surface area contributed by atoms with E-state index in [2.05, 4.69) is 4.57 Å². The first-order valence-corrected chi connectivity index (χ1v) is 11.0. The van der Waals surface area contributed by atoms with E-state index < -0.39 is 17.3 Å². The van der Waals surface area contributed by atoms with Crippen molar-refractivity contribution >= 4 is 22.5 Å². The van der Waals surface area contributed by atoms with E-state index >= 15 is 0 Å². The summed E-state index contributed by atoms with van der Waals surface area (Å²) < 4.78 is 11.0. The summed E-state index contributed by atoms with van der Waals surface area (Å²) in [6.07, 6.45) is -0.727. The number of fused-ring (bicyclic) bond motifs is 3. The number of aromatic nitrogens is 3. The summed E-state index contributed by atoms with van der Waals surface area (Å²) in [7, 11) is 3.13. The number of phenols is 1. The molecule has 2 aromatic carbocycles. The van der Waals surface area contributed by atoms with Gasteiger partial charge < -0.3 is 14.4 Å². The number of rotatable bonds is 2. The molecule has 3 heterocycles. The average Bonchev–Trinajstić information content (AvgIpc) is 3.16. The fourth-order valence-electron chi connectivity index (χ4n) is 4.84. The molecule has 1 N–H and O–H groups in total. The van der Waals surface area contributed by atoms with Crippen LogP contribution in [0.3, 0.4) is 0 Å². The third kappa shape index (κ3) is 3.07. The van der Waals surface area contributed by atoms with Gasteiger partial charge in [0.2, 0.25) is 0 Å². The molecular formula is C25H24ClN3O4. The third-order valence-electron chi connectivity index (χ3n) is 6.38. The summed E-state index contributed by atoms with van der Waals surface area (Å²) in [6.45, 7) is 4.38. The van der Waals surface area contributed by atoms with Crippen molar-refractivity contribution in [3.05, 3.63) is 85.6 Å². The zero-order valence-corrected chi connectivity index (χ0v) is 19.6. The Hall–Kier alpha value is -3.29. The third-order valence-corrected chi connectivity index (χ3v) is 6.62. The molecule has 0 spiro atoms. The maximum absolute atomic E-state index is 13.5. The Labute approximate surface area is 195 Å². The van der Waals surface area contributed by atoms with Gasteiger partial charge in [0.05, 0.1) is 34.4 Å². The Bertz CT molecular complexity index is 1530. The molecule has 0 radical (unpaired) electrons. The van der Waals surface area contributed by atoms with Gasteiger partial charge in [0.1, 0.15) is 11.9 Å². The van der Waals surface area contributed by atoms with Crippen LogP contribution in [0, 0.1) is 0 Å². The van der Waals surface area contributed by atoms with Crippen molar-refractivity contribution in [2.45, 2.75) is 25.5 Å². The van der Waals surface area contributed by atoms with Gasteiger partial charge in [-0.2, -0.15) is 0 Å². The highest BCUT2D eigenvalue weighted by Crippen LogP contribution is 2.47. The van der Waals surface area contributed by atoms with Crippen LogP contribution in [-0.2, 0) is 24.4 Å². The largest absolute Gasteiger partial charge is 0.508 e. The molecule has 1 aliphatic heterocycles. The summed E-state index contributed by atoms with van der Waals surface area (Å²) in [5, 5.41) is 11.6. The number of phenolic OH excluding ortho intramolecular Hbond substituents is 1. The van der Waals surface area contributed by atoms with Crippen molar-refractivity contribution in [3.8, 4) is 17.0 Å². The molecule has 4 aromatic rings. The van der Waals surface area contributed by atoms with E-state index in [9.17, 15) is 14.7 Å². The molecule has 33 heavy (non-hydrogen) atoms. The highest BCUT2D eigenvalue weighted by molar-refractivity contribution is 6.30. The predicted molar refractivity (Wildman–Crippen MR) is 128 cm³/mol. The van der Waals surface area contributed by atoms with E-state index in [4.69, 9.17) is 16.3 Å². The summed E-state index contributed by atoms with van der Waals surface area (Å²) in [6, 6.07) is 14.4. The number of halogens is 1. The van der Waals surface area contributed by atoms with Gasteiger partial charge in [0.15, 0.2) is 0 Å². The Morgan fingerprint density at radius 2 is 1.76 bits per heavy atom. The van der Waals surface area contributed by atoms with Crippen molar-refractivity contribution in [1.82, 2.24) is 13.7 Å². The van der Waals surface area contributed by atoms with E-state index in [0.29, 0.717) is 33.8 Å². The van der Waals surface area contributed by atoms with Gasteiger partial charge in [0.25, 0.3) is 5.56 Å². The Balaban J connectivity index is 2.03. The fourth-order valence-corrected chi connectivity index (χ4v) is 5.02. The highest BCUT2D eigenvalue weighted by Gasteiger charge is 2.41. The van der Waals surface area contributed by atoms with Crippen molar-refractivity contribution in [2.24, 2.45) is 14.1 Å². The van der Waals surface area contributed by atoms with E-state index in [0.717, 1.165) is 15.8 Å². The SMILES string of the molecule is Cn1c(=O)c2c(-c3ccccc3)n3c(c2n(C)c1=O)[C@H](c1cc(Cl)ccc1O)OCC3(C)C. The number of ether oxygens (including phenoxy) is 1. The molecule has 8 heteroatoms. The molecule has 7 nitrogen and oxygen atoms in total. The fraction of sp³-hybridized carbons (Fsp3) is 0.280. The number of hydrogen-bond donors (Lipinski definition) is 1.